The van der Waals surface area contributed by atoms with E-state index in [1.807, 2.05) is 18.2 Å². The van der Waals surface area contributed by atoms with Gasteiger partial charge in [0.1, 0.15) is 0 Å². The molecule has 1 heterocycles. The van der Waals surface area contributed by atoms with Gasteiger partial charge in [-0.15, -0.1) is 0 Å². The lowest BCUT2D eigenvalue weighted by Crippen LogP contribution is -2.51. The molecule has 1 aromatic rings. The fourth-order valence-corrected chi connectivity index (χ4v) is 3.53. The van der Waals surface area contributed by atoms with Gasteiger partial charge in [-0.25, -0.2) is 0 Å². The van der Waals surface area contributed by atoms with E-state index in [9.17, 15) is 9.90 Å². The van der Waals surface area contributed by atoms with E-state index >= 15 is 0 Å². The Kier molecular flexibility index (Phi) is 4.47. The van der Waals surface area contributed by atoms with Crippen LogP contribution in [0.1, 0.15) is 37.8 Å². The first-order valence-electron chi connectivity index (χ1n) is 7.91. The van der Waals surface area contributed by atoms with Gasteiger partial charge >= 0.3 is 5.97 Å². The van der Waals surface area contributed by atoms with Gasteiger partial charge in [0.05, 0.1) is 19.1 Å². The van der Waals surface area contributed by atoms with E-state index in [1.54, 1.807) is 0 Å². The first kappa shape index (κ1) is 15.5. The van der Waals surface area contributed by atoms with Gasteiger partial charge in [-0.3, -0.25) is 4.79 Å². The van der Waals surface area contributed by atoms with Crippen LogP contribution in [0.4, 0.5) is 0 Å². The maximum Gasteiger partial charge on any atom is 0.308 e. The molecule has 2 aliphatic rings. The maximum absolute atomic E-state index is 11.7. The third kappa shape index (κ3) is 3.16. The Morgan fingerprint density at radius 2 is 2.00 bits per heavy atom. The number of rotatable bonds is 4. The van der Waals surface area contributed by atoms with Crippen LogP contribution in [-0.4, -0.2) is 36.1 Å². The minimum atomic E-state index is -0.782. The van der Waals surface area contributed by atoms with Crippen LogP contribution in [0, 0.1) is 5.92 Å². The molecule has 5 heteroatoms. The first-order valence-corrected chi connectivity index (χ1v) is 7.91. The van der Waals surface area contributed by atoms with Crippen LogP contribution < -0.4 is 5.32 Å². The van der Waals surface area contributed by atoms with E-state index in [1.165, 1.54) is 5.56 Å². The normalized spacial score (nSPS) is 28.6. The minimum Gasteiger partial charge on any atom is -0.481 e. The zero-order valence-electron chi connectivity index (χ0n) is 12.8. The zero-order chi connectivity index (χ0) is 15.6. The fourth-order valence-electron chi connectivity index (χ4n) is 3.53. The molecule has 1 aromatic carbocycles. The molecule has 3 rings (SSSR count). The molecular weight excluding hydrogens is 282 g/mol. The second-order valence-electron chi connectivity index (χ2n) is 6.20. The SMILES string of the molecule is C[C@H](N[C@H]1CCC2(CC1C(=O)O)OCCO2)c1ccccc1. The van der Waals surface area contributed by atoms with E-state index in [0.29, 0.717) is 19.6 Å². The van der Waals surface area contributed by atoms with Gasteiger partial charge in [-0.05, 0) is 18.9 Å². The van der Waals surface area contributed by atoms with Crippen LogP contribution in [0.3, 0.4) is 0 Å². The highest BCUT2D eigenvalue weighted by Crippen LogP contribution is 2.39. The van der Waals surface area contributed by atoms with E-state index in [0.717, 1.165) is 12.8 Å². The summed E-state index contributed by atoms with van der Waals surface area (Å²) in [5, 5.41) is 13.1. The van der Waals surface area contributed by atoms with Crippen molar-refractivity contribution < 1.29 is 19.4 Å². The molecule has 0 amide bonds. The van der Waals surface area contributed by atoms with Crippen LogP contribution in [0.2, 0.25) is 0 Å². The first-order chi connectivity index (χ1) is 10.6. The van der Waals surface area contributed by atoms with Gasteiger partial charge < -0.3 is 19.9 Å². The highest BCUT2D eigenvalue weighted by molar-refractivity contribution is 5.71. The number of carboxylic acids is 1. The average Bonchev–Trinajstić information content (AvgIpc) is 2.98. The minimum absolute atomic E-state index is 0.0638. The largest absolute Gasteiger partial charge is 0.481 e. The predicted molar refractivity (Wildman–Crippen MR) is 81.4 cm³/mol. The molecule has 22 heavy (non-hydrogen) atoms. The number of ether oxygens (including phenoxy) is 2. The third-order valence-electron chi connectivity index (χ3n) is 4.75. The van der Waals surface area contributed by atoms with Crippen molar-refractivity contribution in [2.45, 2.75) is 44.1 Å². The van der Waals surface area contributed by atoms with Crippen molar-refractivity contribution in [3.05, 3.63) is 35.9 Å². The number of benzene rings is 1. The Labute approximate surface area is 130 Å². The van der Waals surface area contributed by atoms with Gasteiger partial charge in [0, 0.05) is 24.9 Å². The van der Waals surface area contributed by atoms with E-state index < -0.39 is 17.7 Å². The van der Waals surface area contributed by atoms with E-state index in [2.05, 4.69) is 24.4 Å². The Morgan fingerprint density at radius 3 is 2.64 bits per heavy atom. The quantitative estimate of drug-likeness (QED) is 0.893. The second-order valence-corrected chi connectivity index (χ2v) is 6.20. The molecule has 0 bridgehead atoms. The Bertz CT molecular complexity index is 513. The van der Waals surface area contributed by atoms with Crippen molar-refractivity contribution in [3.8, 4) is 0 Å². The average molecular weight is 305 g/mol. The molecule has 1 saturated heterocycles. The molecule has 1 saturated carbocycles. The number of hydrogen-bond donors (Lipinski definition) is 2. The number of carboxylic acid groups (broad SMARTS) is 1. The molecule has 1 aliphatic heterocycles. The lowest BCUT2D eigenvalue weighted by Gasteiger charge is -2.40. The molecule has 1 spiro atoms. The summed E-state index contributed by atoms with van der Waals surface area (Å²) in [4.78, 5) is 11.7. The maximum atomic E-state index is 11.7. The predicted octanol–water partition coefficient (Wildman–Crippen LogP) is 2.33. The summed E-state index contributed by atoms with van der Waals surface area (Å²) < 4.78 is 11.4. The van der Waals surface area contributed by atoms with Gasteiger partial charge in [-0.2, -0.15) is 0 Å². The summed E-state index contributed by atoms with van der Waals surface area (Å²) in [6, 6.07) is 10.1. The third-order valence-corrected chi connectivity index (χ3v) is 4.75. The topological polar surface area (TPSA) is 67.8 Å². The standard InChI is InChI=1S/C17H23NO4/c1-12(13-5-3-2-4-6-13)18-15-7-8-17(21-9-10-22-17)11-14(15)16(19)20/h2-6,12,14-15,18H,7-11H2,1H3,(H,19,20)/t12-,14?,15-/m0/s1. The zero-order valence-corrected chi connectivity index (χ0v) is 12.8. The molecule has 1 aliphatic carbocycles. The summed E-state index contributed by atoms with van der Waals surface area (Å²) in [6.45, 7) is 3.19. The Balaban J connectivity index is 1.69. The molecule has 2 N–H and O–H groups in total. The smallest absolute Gasteiger partial charge is 0.308 e. The molecule has 1 unspecified atom stereocenters. The van der Waals surface area contributed by atoms with Crippen LogP contribution >= 0.6 is 0 Å². The number of nitrogens with one attached hydrogen (secondary N) is 1. The molecule has 3 atom stereocenters. The molecule has 0 radical (unpaired) electrons. The van der Waals surface area contributed by atoms with E-state index in [-0.39, 0.29) is 12.1 Å². The Hall–Kier alpha value is -1.43. The monoisotopic (exact) mass is 305 g/mol. The number of carbonyl (C=O) groups is 1. The molecule has 5 nitrogen and oxygen atoms in total. The molecule has 2 fully saturated rings. The van der Waals surface area contributed by atoms with Crippen molar-refractivity contribution in [2.75, 3.05) is 13.2 Å². The number of aliphatic carboxylic acids is 1. The highest BCUT2D eigenvalue weighted by atomic mass is 16.7. The van der Waals surface area contributed by atoms with Gasteiger partial charge in [0.25, 0.3) is 0 Å². The van der Waals surface area contributed by atoms with Crippen LogP contribution in [0.5, 0.6) is 0 Å². The summed E-state index contributed by atoms with van der Waals surface area (Å²) in [6.07, 6.45) is 1.91. The molecular formula is C17H23NO4. The molecule has 120 valence electrons. The summed E-state index contributed by atoms with van der Waals surface area (Å²) >= 11 is 0. The molecule has 0 aromatic heterocycles. The van der Waals surface area contributed by atoms with Crippen LogP contribution in [0.25, 0.3) is 0 Å². The van der Waals surface area contributed by atoms with Gasteiger partial charge in [-0.1, -0.05) is 30.3 Å². The van der Waals surface area contributed by atoms with Gasteiger partial charge in [0.2, 0.25) is 0 Å². The van der Waals surface area contributed by atoms with Crippen LogP contribution in [-0.2, 0) is 14.3 Å². The number of hydrogen-bond acceptors (Lipinski definition) is 4. The van der Waals surface area contributed by atoms with Crippen molar-refractivity contribution >= 4 is 5.97 Å². The van der Waals surface area contributed by atoms with Crippen molar-refractivity contribution in [2.24, 2.45) is 5.92 Å². The van der Waals surface area contributed by atoms with Crippen molar-refractivity contribution in [1.29, 1.82) is 0 Å². The van der Waals surface area contributed by atoms with Crippen molar-refractivity contribution in [3.63, 3.8) is 0 Å². The summed E-state index contributed by atoms with van der Waals surface area (Å²) in [5.74, 6) is -1.94. The van der Waals surface area contributed by atoms with Crippen LogP contribution in [0.15, 0.2) is 30.3 Å². The lowest BCUT2D eigenvalue weighted by molar-refractivity contribution is -0.197. The van der Waals surface area contributed by atoms with E-state index in [4.69, 9.17) is 9.47 Å². The van der Waals surface area contributed by atoms with Gasteiger partial charge in [0.15, 0.2) is 5.79 Å². The lowest BCUT2D eigenvalue weighted by atomic mass is 9.80. The summed E-state index contributed by atoms with van der Waals surface area (Å²) in [7, 11) is 0. The Morgan fingerprint density at radius 1 is 1.32 bits per heavy atom. The highest BCUT2D eigenvalue weighted by Gasteiger charge is 2.47. The fraction of sp³-hybridized carbons (Fsp3) is 0.588. The summed E-state index contributed by atoms with van der Waals surface area (Å²) in [5.41, 5.74) is 1.17. The van der Waals surface area contributed by atoms with Crippen molar-refractivity contribution in [1.82, 2.24) is 5.32 Å². The second kappa shape index (κ2) is 6.36.